The van der Waals surface area contributed by atoms with Crippen LogP contribution >= 0.6 is 0 Å². The van der Waals surface area contributed by atoms with Crippen molar-refractivity contribution in [1.29, 1.82) is 0 Å². The van der Waals surface area contributed by atoms with E-state index >= 15 is 0 Å². The fraction of sp³-hybridized carbons (Fsp3) is 0.500. The van der Waals surface area contributed by atoms with Crippen molar-refractivity contribution in [3.63, 3.8) is 0 Å². The Morgan fingerprint density at radius 2 is 1.95 bits per heavy atom. The summed E-state index contributed by atoms with van der Waals surface area (Å²) in [6.07, 6.45) is 0. The van der Waals surface area contributed by atoms with E-state index in [1.54, 1.807) is 4.90 Å². The van der Waals surface area contributed by atoms with Crippen molar-refractivity contribution in [1.82, 2.24) is 10.6 Å². The van der Waals surface area contributed by atoms with Crippen LogP contribution in [0.4, 0.5) is 10.5 Å². The van der Waals surface area contributed by atoms with Gasteiger partial charge >= 0.3 is 6.03 Å². The van der Waals surface area contributed by atoms with Crippen LogP contribution in [0.25, 0.3) is 0 Å². The molecule has 0 heterocycles. The Morgan fingerprint density at radius 1 is 1.27 bits per heavy atom. The average Bonchev–Trinajstić information content (AvgIpc) is 2.44. The molecule has 0 saturated carbocycles. The Hall–Kier alpha value is -2.24. The molecule has 0 atom stereocenters. The summed E-state index contributed by atoms with van der Waals surface area (Å²) >= 11 is 0. The summed E-state index contributed by atoms with van der Waals surface area (Å²) in [5.41, 5.74) is 0.711. The zero-order valence-corrected chi connectivity index (χ0v) is 13.7. The van der Waals surface area contributed by atoms with Crippen LogP contribution in [0.5, 0.6) is 5.75 Å². The van der Waals surface area contributed by atoms with Crippen LogP contribution in [-0.2, 0) is 4.79 Å². The minimum atomic E-state index is -0.239. The van der Waals surface area contributed by atoms with Gasteiger partial charge in [-0.15, -0.1) is 0 Å². The highest BCUT2D eigenvalue weighted by Crippen LogP contribution is 2.27. The van der Waals surface area contributed by atoms with Crippen LogP contribution in [0, 0.1) is 0 Å². The van der Waals surface area contributed by atoms with Crippen molar-refractivity contribution in [3.05, 3.63) is 24.3 Å². The van der Waals surface area contributed by atoms with Crippen molar-refractivity contribution in [2.24, 2.45) is 0 Å². The van der Waals surface area contributed by atoms with E-state index in [1.807, 2.05) is 45.0 Å². The van der Waals surface area contributed by atoms with Crippen LogP contribution < -0.4 is 20.3 Å². The fourth-order valence-electron chi connectivity index (χ4n) is 2.00. The summed E-state index contributed by atoms with van der Waals surface area (Å²) in [5.74, 6) is 0.560. The van der Waals surface area contributed by atoms with E-state index in [4.69, 9.17) is 4.74 Å². The molecule has 0 unspecified atom stereocenters. The largest absolute Gasteiger partial charge is 0.492 e. The van der Waals surface area contributed by atoms with Crippen molar-refractivity contribution < 1.29 is 14.3 Å². The van der Waals surface area contributed by atoms with Crippen LogP contribution in [0.15, 0.2) is 24.3 Å². The van der Waals surface area contributed by atoms with E-state index in [0.29, 0.717) is 31.1 Å². The van der Waals surface area contributed by atoms with Crippen LogP contribution in [-0.4, -0.2) is 37.7 Å². The van der Waals surface area contributed by atoms with Crippen LogP contribution in [0.2, 0.25) is 0 Å². The summed E-state index contributed by atoms with van der Waals surface area (Å²) in [5, 5.41) is 5.47. The van der Waals surface area contributed by atoms with E-state index in [-0.39, 0.29) is 18.0 Å². The smallest absolute Gasteiger partial charge is 0.315 e. The van der Waals surface area contributed by atoms with Gasteiger partial charge in [0.1, 0.15) is 5.75 Å². The van der Waals surface area contributed by atoms with Gasteiger partial charge in [0.15, 0.2) is 0 Å². The minimum absolute atomic E-state index is 0.0718. The first-order chi connectivity index (χ1) is 10.5. The Morgan fingerprint density at radius 3 is 2.55 bits per heavy atom. The SMILES string of the molecule is CCOc1ccccc1N(CCNC(=O)NC(C)C)C(C)=O. The lowest BCUT2D eigenvalue weighted by molar-refractivity contribution is -0.116. The molecule has 0 aliphatic carbocycles. The molecule has 0 aliphatic rings. The van der Waals surface area contributed by atoms with Crippen LogP contribution in [0.3, 0.4) is 0 Å². The first-order valence-electron chi connectivity index (χ1n) is 7.50. The summed E-state index contributed by atoms with van der Waals surface area (Å²) < 4.78 is 5.55. The zero-order chi connectivity index (χ0) is 16.5. The predicted octanol–water partition coefficient (Wildman–Crippen LogP) is 2.15. The average molecular weight is 307 g/mol. The topological polar surface area (TPSA) is 70.7 Å². The number of amides is 3. The molecule has 1 aromatic rings. The Balaban J connectivity index is 2.71. The zero-order valence-electron chi connectivity index (χ0n) is 13.7. The second-order valence-corrected chi connectivity index (χ2v) is 5.13. The number of nitrogens with zero attached hydrogens (tertiary/aromatic N) is 1. The molecule has 6 heteroatoms. The van der Waals surface area contributed by atoms with Crippen LogP contribution in [0.1, 0.15) is 27.7 Å². The normalized spacial score (nSPS) is 10.2. The first-order valence-corrected chi connectivity index (χ1v) is 7.50. The number of hydrogen-bond acceptors (Lipinski definition) is 3. The fourth-order valence-corrected chi connectivity index (χ4v) is 2.00. The third-order valence-corrected chi connectivity index (χ3v) is 2.88. The maximum Gasteiger partial charge on any atom is 0.315 e. The van der Waals surface area contributed by atoms with E-state index in [0.717, 1.165) is 0 Å². The molecule has 0 aromatic heterocycles. The first kappa shape index (κ1) is 17.8. The highest BCUT2D eigenvalue weighted by atomic mass is 16.5. The van der Waals surface area contributed by atoms with Gasteiger partial charge in [-0.3, -0.25) is 4.79 Å². The molecule has 0 bridgehead atoms. The van der Waals surface area contributed by atoms with Gasteiger partial charge in [-0.1, -0.05) is 12.1 Å². The second kappa shape index (κ2) is 8.92. The molecule has 1 aromatic carbocycles. The van der Waals surface area contributed by atoms with Gasteiger partial charge in [-0.05, 0) is 32.9 Å². The number of carbonyl (C=O) groups is 2. The molecule has 1 rings (SSSR count). The molecule has 122 valence electrons. The molecule has 22 heavy (non-hydrogen) atoms. The molecular formula is C16H25N3O3. The standard InChI is InChI=1S/C16H25N3O3/c1-5-22-15-9-7-6-8-14(15)19(13(4)20)11-10-17-16(21)18-12(2)3/h6-9,12H,5,10-11H2,1-4H3,(H2,17,18,21). The lowest BCUT2D eigenvalue weighted by atomic mass is 10.2. The second-order valence-electron chi connectivity index (χ2n) is 5.13. The third-order valence-electron chi connectivity index (χ3n) is 2.88. The molecule has 2 N–H and O–H groups in total. The number of ether oxygens (including phenoxy) is 1. The maximum atomic E-state index is 11.9. The van der Waals surface area contributed by atoms with Gasteiger partial charge in [0, 0.05) is 26.1 Å². The van der Waals surface area contributed by atoms with Gasteiger partial charge in [0.05, 0.1) is 12.3 Å². The predicted molar refractivity (Wildman–Crippen MR) is 87.3 cm³/mol. The molecule has 3 amide bonds. The molecule has 0 spiro atoms. The molecule has 0 aliphatic heterocycles. The van der Waals surface area contributed by atoms with E-state index in [1.165, 1.54) is 6.92 Å². The van der Waals surface area contributed by atoms with Crippen molar-refractivity contribution in [2.75, 3.05) is 24.6 Å². The van der Waals surface area contributed by atoms with Gasteiger partial charge < -0.3 is 20.3 Å². The molecular weight excluding hydrogens is 282 g/mol. The monoisotopic (exact) mass is 307 g/mol. The third kappa shape index (κ3) is 5.63. The lowest BCUT2D eigenvalue weighted by Crippen LogP contribution is -2.43. The number of para-hydroxylation sites is 2. The Kier molecular flexibility index (Phi) is 7.22. The van der Waals surface area contributed by atoms with Gasteiger partial charge in [0.25, 0.3) is 0 Å². The van der Waals surface area contributed by atoms with E-state index in [9.17, 15) is 9.59 Å². The molecule has 0 radical (unpaired) electrons. The number of hydrogen-bond donors (Lipinski definition) is 2. The highest BCUT2D eigenvalue weighted by molar-refractivity contribution is 5.93. The Bertz CT molecular complexity index is 503. The van der Waals surface area contributed by atoms with Gasteiger partial charge in [0.2, 0.25) is 5.91 Å². The number of benzene rings is 1. The molecule has 0 saturated heterocycles. The van der Waals surface area contributed by atoms with E-state index in [2.05, 4.69) is 10.6 Å². The summed E-state index contributed by atoms with van der Waals surface area (Å²) in [6, 6.07) is 7.21. The van der Waals surface area contributed by atoms with Gasteiger partial charge in [-0.2, -0.15) is 0 Å². The summed E-state index contributed by atoms with van der Waals surface area (Å²) in [4.78, 5) is 25.1. The molecule has 6 nitrogen and oxygen atoms in total. The number of carbonyl (C=O) groups excluding carboxylic acids is 2. The molecule has 0 fully saturated rings. The summed E-state index contributed by atoms with van der Waals surface area (Å²) in [6.45, 7) is 8.44. The highest BCUT2D eigenvalue weighted by Gasteiger charge is 2.16. The number of rotatable bonds is 7. The van der Waals surface area contributed by atoms with Crippen molar-refractivity contribution in [2.45, 2.75) is 33.7 Å². The lowest BCUT2D eigenvalue weighted by Gasteiger charge is -2.24. The summed E-state index contributed by atoms with van der Waals surface area (Å²) in [7, 11) is 0. The maximum absolute atomic E-state index is 11.9. The number of nitrogens with one attached hydrogen (secondary N) is 2. The number of anilines is 1. The quantitative estimate of drug-likeness (QED) is 0.811. The Labute approximate surface area is 131 Å². The van der Waals surface area contributed by atoms with Gasteiger partial charge in [-0.25, -0.2) is 4.79 Å². The van der Waals surface area contributed by atoms with Crippen molar-refractivity contribution >= 4 is 17.6 Å². The van der Waals surface area contributed by atoms with Crippen molar-refractivity contribution in [3.8, 4) is 5.75 Å². The number of urea groups is 1. The minimum Gasteiger partial charge on any atom is -0.492 e. The van der Waals surface area contributed by atoms with E-state index < -0.39 is 0 Å².